The molecule has 6 nitrogen and oxygen atoms in total. The van der Waals surface area contributed by atoms with Crippen molar-refractivity contribution in [1.29, 1.82) is 0 Å². The quantitative estimate of drug-likeness (QED) is 0.739. The summed E-state index contributed by atoms with van der Waals surface area (Å²) < 4.78 is 5.02. The van der Waals surface area contributed by atoms with Crippen molar-refractivity contribution < 1.29 is 14.6 Å². The molecule has 0 spiro atoms. The average molecular weight is 279 g/mol. The van der Waals surface area contributed by atoms with Gasteiger partial charge in [0.25, 0.3) is 0 Å². The van der Waals surface area contributed by atoms with E-state index >= 15 is 0 Å². The minimum absolute atomic E-state index is 0.0214. The summed E-state index contributed by atoms with van der Waals surface area (Å²) in [5.74, 6) is 0.242. The standard InChI is InChI=1S/C12H13N3O3S/c1-18-8-2-3-10(16)9(5-8)15-11(17)4-7-6-19-12(13)14-7/h2-3,5-6,16H,4H2,1H3,(H2,13,14)(H,15,17). The van der Waals surface area contributed by atoms with Crippen LogP contribution in [0, 0.1) is 0 Å². The van der Waals surface area contributed by atoms with E-state index in [9.17, 15) is 9.90 Å². The lowest BCUT2D eigenvalue weighted by Gasteiger charge is -2.08. The molecule has 100 valence electrons. The van der Waals surface area contributed by atoms with Gasteiger partial charge in [-0.25, -0.2) is 4.98 Å². The number of benzene rings is 1. The molecule has 1 heterocycles. The molecular weight excluding hydrogens is 266 g/mol. The number of phenolic OH excluding ortho intramolecular Hbond substituents is 1. The van der Waals surface area contributed by atoms with Crippen molar-refractivity contribution in [1.82, 2.24) is 4.98 Å². The number of carbonyl (C=O) groups is 1. The second-order valence-electron chi connectivity index (χ2n) is 3.79. The number of aromatic hydroxyl groups is 1. The normalized spacial score (nSPS) is 10.2. The Bertz CT molecular complexity index is 598. The van der Waals surface area contributed by atoms with Crippen LogP contribution < -0.4 is 15.8 Å². The Kier molecular flexibility index (Phi) is 3.86. The fourth-order valence-corrected chi connectivity index (χ4v) is 2.07. The van der Waals surface area contributed by atoms with E-state index in [0.717, 1.165) is 0 Å². The summed E-state index contributed by atoms with van der Waals surface area (Å²) in [6.45, 7) is 0. The van der Waals surface area contributed by atoms with Crippen molar-refractivity contribution in [3.63, 3.8) is 0 Å². The van der Waals surface area contributed by atoms with Gasteiger partial charge in [0, 0.05) is 11.4 Å². The average Bonchev–Trinajstić information content (AvgIpc) is 2.77. The van der Waals surface area contributed by atoms with Crippen LogP contribution in [0.5, 0.6) is 11.5 Å². The van der Waals surface area contributed by atoms with Gasteiger partial charge in [0.15, 0.2) is 5.13 Å². The smallest absolute Gasteiger partial charge is 0.230 e. The van der Waals surface area contributed by atoms with Gasteiger partial charge in [0.05, 0.1) is 24.9 Å². The molecule has 0 saturated heterocycles. The van der Waals surface area contributed by atoms with Gasteiger partial charge >= 0.3 is 0 Å². The number of nitrogens with two attached hydrogens (primary N) is 1. The number of aromatic nitrogens is 1. The van der Waals surface area contributed by atoms with Crippen molar-refractivity contribution in [2.24, 2.45) is 0 Å². The van der Waals surface area contributed by atoms with Crippen molar-refractivity contribution in [3.8, 4) is 11.5 Å². The predicted octanol–water partition coefficient (Wildman–Crippen LogP) is 1.62. The number of phenols is 1. The van der Waals surface area contributed by atoms with Crippen LogP contribution in [-0.4, -0.2) is 23.1 Å². The molecule has 19 heavy (non-hydrogen) atoms. The van der Waals surface area contributed by atoms with Crippen LogP contribution in [0.1, 0.15) is 5.69 Å². The van der Waals surface area contributed by atoms with E-state index < -0.39 is 0 Å². The van der Waals surface area contributed by atoms with Crippen LogP contribution in [0.2, 0.25) is 0 Å². The van der Waals surface area contributed by atoms with E-state index in [-0.39, 0.29) is 18.1 Å². The Balaban J connectivity index is 2.06. The molecule has 1 aromatic heterocycles. The monoisotopic (exact) mass is 279 g/mol. The highest BCUT2D eigenvalue weighted by Gasteiger charge is 2.10. The largest absolute Gasteiger partial charge is 0.506 e. The van der Waals surface area contributed by atoms with Gasteiger partial charge in [0.1, 0.15) is 11.5 Å². The van der Waals surface area contributed by atoms with Gasteiger partial charge in [0.2, 0.25) is 5.91 Å². The number of nitrogen functional groups attached to an aromatic ring is 1. The number of ether oxygens (including phenoxy) is 1. The van der Waals surface area contributed by atoms with Crippen LogP contribution in [0.4, 0.5) is 10.8 Å². The van der Waals surface area contributed by atoms with Gasteiger partial charge in [-0.1, -0.05) is 0 Å². The minimum Gasteiger partial charge on any atom is -0.506 e. The molecule has 2 rings (SSSR count). The molecule has 0 aliphatic carbocycles. The summed E-state index contributed by atoms with van der Waals surface area (Å²) in [5, 5.41) is 14.4. The number of thiazole rings is 1. The van der Waals surface area contributed by atoms with Gasteiger partial charge in [-0.2, -0.15) is 0 Å². The highest BCUT2D eigenvalue weighted by atomic mass is 32.1. The van der Waals surface area contributed by atoms with Gasteiger partial charge < -0.3 is 20.9 Å². The molecule has 0 unspecified atom stereocenters. The Morgan fingerprint density at radius 2 is 2.37 bits per heavy atom. The number of rotatable bonds is 4. The van der Waals surface area contributed by atoms with Crippen LogP contribution in [-0.2, 0) is 11.2 Å². The minimum atomic E-state index is -0.283. The zero-order chi connectivity index (χ0) is 13.8. The van der Waals surface area contributed by atoms with Crippen LogP contribution >= 0.6 is 11.3 Å². The van der Waals surface area contributed by atoms with E-state index in [4.69, 9.17) is 10.5 Å². The summed E-state index contributed by atoms with van der Waals surface area (Å²) >= 11 is 1.28. The number of hydrogen-bond donors (Lipinski definition) is 3. The first-order valence-electron chi connectivity index (χ1n) is 5.45. The first-order valence-corrected chi connectivity index (χ1v) is 6.33. The van der Waals surface area contributed by atoms with Gasteiger partial charge in [-0.05, 0) is 12.1 Å². The van der Waals surface area contributed by atoms with Gasteiger partial charge in [-0.3, -0.25) is 4.79 Å². The predicted molar refractivity (Wildman–Crippen MR) is 73.5 cm³/mol. The molecule has 1 aromatic carbocycles. The molecule has 1 amide bonds. The number of carbonyl (C=O) groups excluding carboxylic acids is 1. The molecule has 4 N–H and O–H groups in total. The lowest BCUT2D eigenvalue weighted by atomic mass is 10.2. The Hall–Kier alpha value is -2.28. The highest BCUT2D eigenvalue weighted by Crippen LogP contribution is 2.27. The van der Waals surface area contributed by atoms with Crippen molar-refractivity contribution in [3.05, 3.63) is 29.3 Å². The SMILES string of the molecule is COc1ccc(O)c(NC(=O)Cc2csc(N)n2)c1. The third-order valence-electron chi connectivity index (χ3n) is 2.39. The number of nitrogens with zero attached hydrogens (tertiary/aromatic N) is 1. The zero-order valence-corrected chi connectivity index (χ0v) is 11.0. The third-order valence-corrected chi connectivity index (χ3v) is 3.11. The summed E-state index contributed by atoms with van der Waals surface area (Å²) in [6, 6.07) is 4.60. The number of hydrogen-bond acceptors (Lipinski definition) is 6. The molecule has 0 aliphatic rings. The van der Waals surface area contributed by atoms with Crippen molar-refractivity contribution in [2.75, 3.05) is 18.2 Å². The van der Waals surface area contributed by atoms with Crippen molar-refractivity contribution >= 4 is 28.1 Å². The van der Waals surface area contributed by atoms with E-state index in [2.05, 4.69) is 10.3 Å². The maximum absolute atomic E-state index is 11.8. The molecule has 0 fully saturated rings. The topological polar surface area (TPSA) is 97.5 Å². The maximum atomic E-state index is 11.8. The highest BCUT2D eigenvalue weighted by molar-refractivity contribution is 7.13. The second-order valence-corrected chi connectivity index (χ2v) is 4.67. The molecule has 0 bridgehead atoms. The number of nitrogens with one attached hydrogen (secondary N) is 1. The van der Waals surface area contributed by atoms with Crippen LogP contribution in [0.3, 0.4) is 0 Å². The van der Waals surface area contributed by atoms with E-state index in [0.29, 0.717) is 22.3 Å². The number of methoxy groups -OCH3 is 1. The fraction of sp³-hybridized carbons (Fsp3) is 0.167. The Labute approximate surface area is 113 Å². The second kappa shape index (κ2) is 5.57. The number of amides is 1. The van der Waals surface area contributed by atoms with Crippen molar-refractivity contribution in [2.45, 2.75) is 6.42 Å². The maximum Gasteiger partial charge on any atom is 0.230 e. The van der Waals surface area contributed by atoms with E-state index in [1.165, 1.54) is 24.5 Å². The molecule has 0 radical (unpaired) electrons. The number of anilines is 2. The summed E-state index contributed by atoms with van der Waals surface area (Å²) in [4.78, 5) is 15.8. The van der Waals surface area contributed by atoms with E-state index in [1.807, 2.05) is 0 Å². The lowest BCUT2D eigenvalue weighted by molar-refractivity contribution is -0.115. The molecule has 0 aliphatic heterocycles. The Morgan fingerprint density at radius 3 is 3.00 bits per heavy atom. The van der Waals surface area contributed by atoms with Crippen LogP contribution in [0.25, 0.3) is 0 Å². The van der Waals surface area contributed by atoms with Gasteiger partial charge in [-0.15, -0.1) is 11.3 Å². The van der Waals surface area contributed by atoms with Crippen LogP contribution in [0.15, 0.2) is 23.6 Å². The van der Waals surface area contributed by atoms with E-state index in [1.54, 1.807) is 17.5 Å². The molecule has 0 saturated carbocycles. The first kappa shape index (κ1) is 13.2. The molecule has 7 heteroatoms. The Morgan fingerprint density at radius 1 is 1.58 bits per heavy atom. The zero-order valence-electron chi connectivity index (χ0n) is 10.2. The summed E-state index contributed by atoms with van der Waals surface area (Å²) in [7, 11) is 1.51. The summed E-state index contributed by atoms with van der Waals surface area (Å²) in [5.41, 5.74) is 6.39. The first-order chi connectivity index (χ1) is 9.08. The molecule has 2 aromatic rings. The molecule has 0 atom stereocenters. The summed E-state index contributed by atoms with van der Waals surface area (Å²) in [6.07, 6.45) is 0.102. The molecular formula is C12H13N3O3S. The fourth-order valence-electron chi connectivity index (χ4n) is 1.50. The third kappa shape index (κ3) is 3.35. The lowest BCUT2D eigenvalue weighted by Crippen LogP contribution is -2.14.